The van der Waals surface area contributed by atoms with Crippen molar-refractivity contribution in [2.75, 3.05) is 26.3 Å². The SMILES string of the molecule is CCCNC1CCOCC1N1CCCC1C(C)C. The molecule has 3 heteroatoms. The molecule has 106 valence electrons. The van der Waals surface area contributed by atoms with Crippen LogP contribution in [0.4, 0.5) is 0 Å². The molecule has 0 radical (unpaired) electrons. The average Bonchev–Trinajstić information content (AvgIpc) is 2.86. The third-order valence-electron chi connectivity index (χ3n) is 4.52. The van der Waals surface area contributed by atoms with Crippen molar-refractivity contribution in [2.45, 2.75) is 64.6 Å². The van der Waals surface area contributed by atoms with E-state index in [0.717, 1.165) is 31.7 Å². The fourth-order valence-electron chi connectivity index (χ4n) is 3.56. The van der Waals surface area contributed by atoms with E-state index in [0.29, 0.717) is 12.1 Å². The number of nitrogens with one attached hydrogen (secondary N) is 1. The van der Waals surface area contributed by atoms with Crippen molar-refractivity contribution in [3.8, 4) is 0 Å². The topological polar surface area (TPSA) is 24.5 Å². The minimum atomic E-state index is 0.597. The van der Waals surface area contributed by atoms with E-state index in [1.807, 2.05) is 0 Å². The predicted octanol–water partition coefficient (Wildman–Crippen LogP) is 2.26. The summed E-state index contributed by atoms with van der Waals surface area (Å²) in [5.74, 6) is 0.765. The normalized spacial score (nSPS) is 34.3. The highest BCUT2D eigenvalue weighted by molar-refractivity contribution is 4.94. The molecule has 2 fully saturated rings. The smallest absolute Gasteiger partial charge is 0.0637 e. The average molecular weight is 254 g/mol. The van der Waals surface area contributed by atoms with Gasteiger partial charge in [0, 0.05) is 24.7 Å². The molecule has 3 unspecified atom stereocenters. The van der Waals surface area contributed by atoms with Gasteiger partial charge in [-0.25, -0.2) is 0 Å². The standard InChI is InChI=1S/C15H30N2O/c1-4-8-16-13-7-10-18-11-15(13)17-9-5-6-14(17)12(2)3/h12-16H,4-11H2,1-3H3. The van der Waals surface area contributed by atoms with Gasteiger partial charge in [0.15, 0.2) is 0 Å². The van der Waals surface area contributed by atoms with Crippen molar-refractivity contribution in [2.24, 2.45) is 5.92 Å². The van der Waals surface area contributed by atoms with Crippen molar-refractivity contribution in [3.63, 3.8) is 0 Å². The van der Waals surface area contributed by atoms with Crippen molar-refractivity contribution < 1.29 is 4.74 Å². The van der Waals surface area contributed by atoms with Gasteiger partial charge in [0.2, 0.25) is 0 Å². The molecule has 2 saturated heterocycles. The van der Waals surface area contributed by atoms with E-state index in [1.54, 1.807) is 0 Å². The molecule has 0 saturated carbocycles. The lowest BCUT2D eigenvalue weighted by atomic mass is 9.96. The summed E-state index contributed by atoms with van der Waals surface area (Å²) in [4.78, 5) is 2.73. The first-order valence-electron chi connectivity index (χ1n) is 7.81. The third kappa shape index (κ3) is 3.25. The quantitative estimate of drug-likeness (QED) is 0.814. The lowest BCUT2D eigenvalue weighted by Crippen LogP contribution is -2.57. The summed E-state index contributed by atoms with van der Waals surface area (Å²) < 4.78 is 5.75. The Morgan fingerprint density at radius 2 is 2.17 bits per heavy atom. The molecule has 3 atom stereocenters. The Morgan fingerprint density at radius 3 is 2.89 bits per heavy atom. The summed E-state index contributed by atoms with van der Waals surface area (Å²) >= 11 is 0. The largest absolute Gasteiger partial charge is 0.380 e. The molecule has 0 aliphatic carbocycles. The molecular weight excluding hydrogens is 224 g/mol. The first-order valence-corrected chi connectivity index (χ1v) is 7.81. The van der Waals surface area contributed by atoms with Crippen LogP contribution in [0.5, 0.6) is 0 Å². The Balaban J connectivity index is 1.98. The Labute approximate surface area is 112 Å². The molecule has 2 heterocycles. The third-order valence-corrected chi connectivity index (χ3v) is 4.52. The second-order valence-electron chi connectivity index (χ2n) is 6.18. The Morgan fingerprint density at radius 1 is 1.33 bits per heavy atom. The lowest BCUT2D eigenvalue weighted by molar-refractivity contribution is -0.0140. The highest BCUT2D eigenvalue weighted by Gasteiger charge is 2.37. The highest BCUT2D eigenvalue weighted by atomic mass is 16.5. The van der Waals surface area contributed by atoms with Crippen LogP contribution in [0.1, 0.15) is 46.5 Å². The van der Waals surface area contributed by atoms with E-state index >= 15 is 0 Å². The fourth-order valence-corrected chi connectivity index (χ4v) is 3.56. The predicted molar refractivity (Wildman–Crippen MR) is 75.9 cm³/mol. The molecule has 0 aromatic heterocycles. The van der Waals surface area contributed by atoms with E-state index < -0.39 is 0 Å². The van der Waals surface area contributed by atoms with E-state index in [2.05, 4.69) is 31.0 Å². The van der Waals surface area contributed by atoms with Crippen LogP contribution in [0, 0.1) is 5.92 Å². The van der Waals surface area contributed by atoms with Crippen molar-refractivity contribution in [1.82, 2.24) is 10.2 Å². The highest BCUT2D eigenvalue weighted by Crippen LogP contribution is 2.29. The second kappa shape index (κ2) is 6.88. The van der Waals surface area contributed by atoms with E-state index in [4.69, 9.17) is 4.74 Å². The van der Waals surface area contributed by atoms with Gasteiger partial charge < -0.3 is 10.1 Å². The van der Waals surface area contributed by atoms with Gasteiger partial charge in [-0.05, 0) is 44.7 Å². The molecule has 2 aliphatic rings. The number of nitrogens with zero attached hydrogens (tertiary/aromatic N) is 1. The zero-order valence-corrected chi connectivity index (χ0v) is 12.3. The maximum absolute atomic E-state index is 5.75. The molecule has 0 aromatic rings. The van der Waals surface area contributed by atoms with Crippen molar-refractivity contribution >= 4 is 0 Å². The zero-order chi connectivity index (χ0) is 13.0. The lowest BCUT2D eigenvalue weighted by Gasteiger charge is -2.42. The minimum Gasteiger partial charge on any atom is -0.380 e. The van der Waals surface area contributed by atoms with Crippen molar-refractivity contribution in [3.05, 3.63) is 0 Å². The monoisotopic (exact) mass is 254 g/mol. The first-order chi connectivity index (χ1) is 8.74. The van der Waals surface area contributed by atoms with Crippen LogP contribution in [-0.4, -0.2) is 49.3 Å². The van der Waals surface area contributed by atoms with E-state index in [1.165, 1.54) is 32.2 Å². The summed E-state index contributed by atoms with van der Waals surface area (Å²) in [6, 6.07) is 2.00. The summed E-state index contributed by atoms with van der Waals surface area (Å²) in [6.45, 7) is 11.2. The number of hydrogen-bond acceptors (Lipinski definition) is 3. The van der Waals surface area contributed by atoms with Gasteiger partial charge in [-0.1, -0.05) is 20.8 Å². The molecule has 0 bridgehead atoms. The van der Waals surface area contributed by atoms with Gasteiger partial charge in [-0.15, -0.1) is 0 Å². The Bertz CT molecular complexity index is 245. The number of likely N-dealkylation sites (tertiary alicyclic amines) is 1. The first kappa shape index (κ1) is 14.3. The number of hydrogen-bond donors (Lipinski definition) is 1. The molecule has 0 aromatic carbocycles. The molecule has 0 amide bonds. The Hall–Kier alpha value is -0.120. The van der Waals surface area contributed by atoms with Gasteiger partial charge in [0.25, 0.3) is 0 Å². The second-order valence-corrected chi connectivity index (χ2v) is 6.18. The number of ether oxygens (including phenoxy) is 1. The Kier molecular flexibility index (Phi) is 5.46. The van der Waals surface area contributed by atoms with Crippen LogP contribution in [0.3, 0.4) is 0 Å². The van der Waals surface area contributed by atoms with Gasteiger partial charge in [-0.3, -0.25) is 4.90 Å². The van der Waals surface area contributed by atoms with Crippen LogP contribution >= 0.6 is 0 Å². The molecule has 0 spiro atoms. The fraction of sp³-hybridized carbons (Fsp3) is 1.00. The molecule has 3 nitrogen and oxygen atoms in total. The summed E-state index contributed by atoms with van der Waals surface area (Å²) in [5, 5.41) is 3.74. The maximum atomic E-state index is 5.75. The van der Waals surface area contributed by atoms with Crippen LogP contribution in [-0.2, 0) is 4.74 Å². The molecule has 2 aliphatic heterocycles. The van der Waals surface area contributed by atoms with Crippen molar-refractivity contribution in [1.29, 1.82) is 0 Å². The maximum Gasteiger partial charge on any atom is 0.0637 e. The van der Waals surface area contributed by atoms with E-state index in [9.17, 15) is 0 Å². The summed E-state index contributed by atoms with van der Waals surface area (Å²) in [6.07, 6.45) is 5.12. The zero-order valence-electron chi connectivity index (χ0n) is 12.3. The molecule has 1 N–H and O–H groups in total. The number of rotatable bonds is 5. The molecule has 2 rings (SSSR count). The van der Waals surface area contributed by atoms with Gasteiger partial charge in [-0.2, -0.15) is 0 Å². The van der Waals surface area contributed by atoms with Gasteiger partial charge >= 0.3 is 0 Å². The van der Waals surface area contributed by atoms with Crippen LogP contribution in [0.25, 0.3) is 0 Å². The summed E-state index contributed by atoms with van der Waals surface area (Å²) in [5.41, 5.74) is 0. The van der Waals surface area contributed by atoms with Gasteiger partial charge in [0.05, 0.1) is 6.61 Å². The molecule has 18 heavy (non-hydrogen) atoms. The van der Waals surface area contributed by atoms with Crippen LogP contribution in [0.15, 0.2) is 0 Å². The van der Waals surface area contributed by atoms with E-state index in [-0.39, 0.29) is 0 Å². The van der Waals surface area contributed by atoms with Crippen LogP contribution in [0.2, 0.25) is 0 Å². The van der Waals surface area contributed by atoms with Gasteiger partial charge in [0.1, 0.15) is 0 Å². The van der Waals surface area contributed by atoms with Crippen LogP contribution < -0.4 is 5.32 Å². The molecular formula is C15H30N2O. The summed E-state index contributed by atoms with van der Waals surface area (Å²) in [7, 11) is 0. The minimum absolute atomic E-state index is 0.597.